The van der Waals surface area contributed by atoms with Gasteiger partial charge in [0.1, 0.15) is 6.33 Å². The number of nitrogens with two attached hydrogens (primary N) is 1. The summed E-state index contributed by atoms with van der Waals surface area (Å²) in [6, 6.07) is 3.86. The Bertz CT molecular complexity index is 415. The van der Waals surface area contributed by atoms with Crippen LogP contribution in [0.25, 0.3) is 0 Å². The summed E-state index contributed by atoms with van der Waals surface area (Å²) in [5, 5.41) is 0. The summed E-state index contributed by atoms with van der Waals surface area (Å²) >= 11 is 5.03. The second-order valence-corrected chi connectivity index (χ2v) is 5.29. The van der Waals surface area contributed by atoms with Gasteiger partial charge in [-0.2, -0.15) is 0 Å². The van der Waals surface area contributed by atoms with Gasteiger partial charge in [0.25, 0.3) is 0 Å². The van der Waals surface area contributed by atoms with Crippen molar-refractivity contribution in [3.05, 3.63) is 45.1 Å². The molecule has 0 fully saturated rings. The second kappa shape index (κ2) is 4.16. The molecule has 1 atom stereocenters. The Hall–Kier alpha value is -0.780. The Kier molecular flexibility index (Phi) is 2.90. The highest BCUT2D eigenvalue weighted by Gasteiger charge is 2.11. The van der Waals surface area contributed by atoms with Gasteiger partial charge < -0.3 is 5.73 Å². The van der Waals surface area contributed by atoms with E-state index in [-0.39, 0.29) is 6.04 Å². The van der Waals surface area contributed by atoms with Crippen molar-refractivity contribution in [1.82, 2.24) is 9.97 Å². The van der Waals surface area contributed by atoms with Crippen molar-refractivity contribution in [2.45, 2.75) is 6.04 Å². The molecule has 1 unspecified atom stereocenters. The van der Waals surface area contributed by atoms with Gasteiger partial charge in [0.2, 0.25) is 0 Å². The molecule has 2 N–H and O–H groups in total. The fraction of sp³-hybridized carbons (Fsp3) is 0.111. The van der Waals surface area contributed by atoms with Gasteiger partial charge in [-0.05, 0) is 28.1 Å². The van der Waals surface area contributed by atoms with Crippen molar-refractivity contribution in [3.63, 3.8) is 0 Å². The lowest BCUT2D eigenvalue weighted by molar-refractivity contribution is 0.869. The number of thiophene rings is 1. The van der Waals surface area contributed by atoms with Crippen molar-refractivity contribution < 1.29 is 0 Å². The lowest BCUT2D eigenvalue weighted by Gasteiger charge is -2.07. The van der Waals surface area contributed by atoms with Crippen LogP contribution in [0.5, 0.6) is 0 Å². The summed E-state index contributed by atoms with van der Waals surface area (Å²) in [5.41, 5.74) is 6.97. The van der Waals surface area contributed by atoms with Crippen molar-refractivity contribution in [1.29, 1.82) is 0 Å². The molecule has 2 aromatic rings. The number of hydrogen-bond acceptors (Lipinski definition) is 4. The standard InChI is InChI=1S/C9H8BrN3S/c10-8-2-1-7(14-8)9(11)6-3-12-5-13-4-6/h1-5,9H,11H2. The fourth-order valence-corrected chi connectivity index (χ4v) is 2.58. The first-order valence-corrected chi connectivity index (χ1v) is 5.64. The van der Waals surface area contributed by atoms with Crippen LogP contribution in [0.1, 0.15) is 16.5 Å². The molecule has 2 heterocycles. The molecular formula is C9H8BrN3S. The highest BCUT2D eigenvalue weighted by molar-refractivity contribution is 9.11. The topological polar surface area (TPSA) is 51.8 Å². The third-order valence-electron chi connectivity index (χ3n) is 1.84. The van der Waals surface area contributed by atoms with Crippen LogP contribution in [0, 0.1) is 0 Å². The summed E-state index contributed by atoms with van der Waals surface area (Å²) in [7, 11) is 0. The van der Waals surface area contributed by atoms with E-state index in [1.807, 2.05) is 12.1 Å². The lowest BCUT2D eigenvalue weighted by atomic mass is 10.1. The van der Waals surface area contributed by atoms with Gasteiger partial charge in [-0.25, -0.2) is 9.97 Å². The van der Waals surface area contributed by atoms with E-state index >= 15 is 0 Å². The first kappa shape index (κ1) is 9.76. The zero-order chi connectivity index (χ0) is 9.97. The monoisotopic (exact) mass is 269 g/mol. The maximum absolute atomic E-state index is 6.04. The molecule has 2 aromatic heterocycles. The summed E-state index contributed by atoms with van der Waals surface area (Å²) in [6.45, 7) is 0. The van der Waals surface area contributed by atoms with Gasteiger partial charge in [0.15, 0.2) is 0 Å². The lowest BCUT2D eigenvalue weighted by Crippen LogP contribution is -2.10. The molecular weight excluding hydrogens is 262 g/mol. The van der Waals surface area contributed by atoms with Gasteiger partial charge >= 0.3 is 0 Å². The third-order valence-corrected chi connectivity index (χ3v) is 3.55. The van der Waals surface area contributed by atoms with Crippen molar-refractivity contribution in [3.8, 4) is 0 Å². The summed E-state index contributed by atoms with van der Waals surface area (Å²) in [4.78, 5) is 8.98. The maximum Gasteiger partial charge on any atom is 0.115 e. The van der Waals surface area contributed by atoms with Crippen molar-refractivity contribution >= 4 is 27.3 Å². The molecule has 5 heteroatoms. The number of halogens is 1. The van der Waals surface area contributed by atoms with Crippen molar-refractivity contribution in [2.24, 2.45) is 5.73 Å². The molecule has 0 bridgehead atoms. The first-order chi connectivity index (χ1) is 6.77. The first-order valence-electron chi connectivity index (χ1n) is 4.03. The van der Waals surface area contributed by atoms with Gasteiger partial charge in [0.05, 0.1) is 9.83 Å². The Balaban J connectivity index is 2.29. The third kappa shape index (κ3) is 2.00. The van der Waals surface area contributed by atoms with E-state index in [0.717, 1.165) is 14.2 Å². The molecule has 0 amide bonds. The minimum absolute atomic E-state index is 0.132. The van der Waals surface area contributed by atoms with Gasteiger partial charge in [-0.1, -0.05) is 0 Å². The molecule has 0 saturated carbocycles. The van der Waals surface area contributed by atoms with Gasteiger partial charge in [-0.15, -0.1) is 11.3 Å². The van der Waals surface area contributed by atoms with E-state index in [9.17, 15) is 0 Å². The number of hydrogen-bond donors (Lipinski definition) is 1. The molecule has 0 saturated heterocycles. The summed E-state index contributed by atoms with van der Waals surface area (Å²) in [5.74, 6) is 0. The molecule has 3 nitrogen and oxygen atoms in total. The van der Waals surface area contributed by atoms with Crippen molar-refractivity contribution in [2.75, 3.05) is 0 Å². The van der Waals surface area contributed by atoms with Crippen LogP contribution in [0.4, 0.5) is 0 Å². The maximum atomic E-state index is 6.04. The molecule has 0 aliphatic rings. The Morgan fingerprint density at radius 2 is 2.00 bits per heavy atom. The van der Waals surface area contributed by atoms with Crippen LogP contribution in [0.2, 0.25) is 0 Å². The van der Waals surface area contributed by atoms with E-state index in [4.69, 9.17) is 5.73 Å². The highest BCUT2D eigenvalue weighted by Crippen LogP contribution is 2.28. The molecule has 0 radical (unpaired) electrons. The minimum atomic E-state index is -0.132. The number of aromatic nitrogens is 2. The molecule has 14 heavy (non-hydrogen) atoms. The van der Waals surface area contributed by atoms with Crippen LogP contribution in [-0.4, -0.2) is 9.97 Å². The zero-order valence-electron chi connectivity index (χ0n) is 7.22. The molecule has 0 aromatic carbocycles. The van der Waals surface area contributed by atoms with E-state index in [1.165, 1.54) is 6.33 Å². The number of rotatable bonds is 2. The molecule has 0 spiro atoms. The predicted molar refractivity (Wildman–Crippen MR) is 60.1 cm³/mol. The highest BCUT2D eigenvalue weighted by atomic mass is 79.9. The molecule has 72 valence electrons. The Morgan fingerprint density at radius 1 is 1.29 bits per heavy atom. The summed E-state index contributed by atoms with van der Waals surface area (Å²) in [6.07, 6.45) is 4.98. The average Bonchev–Trinajstić information content (AvgIpc) is 2.65. The van der Waals surface area contributed by atoms with Gasteiger partial charge in [0, 0.05) is 22.8 Å². The molecule has 2 rings (SSSR count). The number of nitrogens with zero attached hydrogens (tertiary/aromatic N) is 2. The predicted octanol–water partition coefficient (Wildman–Crippen LogP) is 2.35. The fourth-order valence-electron chi connectivity index (χ4n) is 1.13. The quantitative estimate of drug-likeness (QED) is 0.911. The molecule has 0 aliphatic carbocycles. The Labute approximate surface area is 94.1 Å². The smallest absolute Gasteiger partial charge is 0.115 e. The zero-order valence-corrected chi connectivity index (χ0v) is 9.62. The largest absolute Gasteiger partial charge is 0.320 e. The van der Waals surface area contributed by atoms with Crippen LogP contribution >= 0.6 is 27.3 Å². The molecule has 0 aliphatic heterocycles. The van der Waals surface area contributed by atoms with E-state index < -0.39 is 0 Å². The minimum Gasteiger partial charge on any atom is -0.320 e. The van der Waals surface area contributed by atoms with E-state index in [2.05, 4.69) is 25.9 Å². The van der Waals surface area contributed by atoms with E-state index in [1.54, 1.807) is 23.7 Å². The van der Waals surface area contributed by atoms with Crippen LogP contribution in [-0.2, 0) is 0 Å². The van der Waals surface area contributed by atoms with Crippen LogP contribution in [0.3, 0.4) is 0 Å². The second-order valence-electron chi connectivity index (χ2n) is 2.79. The normalized spacial score (nSPS) is 12.7. The SMILES string of the molecule is NC(c1cncnc1)c1ccc(Br)s1. The van der Waals surface area contributed by atoms with Crippen LogP contribution < -0.4 is 5.73 Å². The van der Waals surface area contributed by atoms with E-state index in [0.29, 0.717) is 0 Å². The van der Waals surface area contributed by atoms with Crippen LogP contribution in [0.15, 0.2) is 34.6 Å². The average molecular weight is 270 g/mol. The summed E-state index contributed by atoms with van der Waals surface area (Å²) < 4.78 is 1.08. The van der Waals surface area contributed by atoms with Gasteiger partial charge in [-0.3, -0.25) is 0 Å². The Morgan fingerprint density at radius 3 is 2.57 bits per heavy atom.